The molecule has 6 nitrogen and oxygen atoms in total. The third kappa shape index (κ3) is 4.32. The van der Waals surface area contributed by atoms with Gasteiger partial charge in [0.1, 0.15) is 11.3 Å². The summed E-state index contributed by atoms with van der Waals surface area (Å²) in [6.07, 6.45) is 1.63. The van der Waals surface area contributed by atoms with E-state index in [0.29, 0.717) is 18.0 Å². The van der Waals surface area contributed by atoms with Crippen molar-refractivity contribution in [1.82, 2.24) is 9.88 Å². The molecule has 1 N–H and O–H groups in total. The molecule has 168 valence electrons. The van der Waals surface area contributed by atoms with Gasteiger partial charge in [0.15, 0.2) is 5.11 Å². The highest BCUT2D eigenvalue weighted by atomic mass is 32.1. The van der Waals surface area contributed by atoms with Crippen molar-refractivity contribution < 1.29 is 14.3 Å². The van der Waals surface area contributed by atoms with Crippen LogP contribution >= 0.6 is 12.2 Å². The molecule has 1 aliphatic heterocycles. The topological polar surface area (TPSA) is 63.6 Å². The zero-order valence-corrected chi connectivity index (χ0v) is 19.8. The Morgan fingerprint density at radius 1 is 0.970 bits per heavy atom. The number of hydrogen-bond acceptors (Lipinski definition) is 4. The Morgan fingerprint density at radius 3 is 2.24 bits per heavy atom. The summed E-state index contributed by atoms with van der Waals surface area (Å²) in [6.45, 7) is 8.46. The van der Waals surface area contributed by atoms with Crippen molar-refractivity contribution in [2.75, 3.05) is 11.5 Å². The van der Waals surface area contributed by atoms with Gasteiger partial charge in [-0.1, -0.05) is 17.7 Å². The van der Waals surface area contributed by atoms with Gasteiger partial charge in [-0.2, -0.15) is 0 Å². The van der Waals surface area contributed by atoms with Crippen molar-refractivity contribution >= 4 is 40.9 Å². The molecule has 1 saturated heterocycles. The molecule has 3 aromatic rings. The molecule has 2 aromatic carbocycles. The van der Waals surface area contributed by atoms with Crippen LogP contribution in [0.4, 0.5) is 5.69 Å². The van der Waals surface area contributed by atoms with E-state index in [2.05, 4.69) is 34.1 Å². The highest BCUT2D eigenvalue weighted by Gasteiger charge is 2.34. The van der Waals surface area contributed by atoms with Crippen molar-refractivity contribution in [3.63, 3.8) is 0 Å². The lowest BCUT2D eigenvalue weighted by molar-refractivity contribution is -0.122. The van der Waals surface area contributed by atoms with Gasteiger partial charge in [-0.3, -0.25) is 19.8 Å². The molecule has 33 heavy (non-hydrogen) atoms. The second kappa shape index (κ2) is 9.03. The van der Waals surface area contributed by atoms with Crippen LogP contribution in [0.5, 0.6) is 5.75 Å². The Kier molecular flexibility index (Phi) is 6.16. The van der Waals surface area contributed by atoms with Crippen molar-refractivity contribution in [2.24, 2.45) is 0 Å². The van der Waals surface area contributed by atoms with Gasteiger partial charge in [-0.25, -0.2) is 0 Å². The molecular weight excluding hydrogens is 434 g/mol. The van der Waals surface area contributed by atoms with Gasteiger partial charge in [-0.15, -0.1) is 0 Å². The molecule has 2 heterocycles. The van der Waals surface area contributed by atoms with E-state index >= 15 is 0 Å². The normalized spacial score (nSPS) is 15.2. The van der Waals surface area contributed by atoms with Gasteiger partial charge < -0.3 is 9.30 Å². The highest BCUT2D eigenvalue weighted by molar-refractivity contribution is 7.80. The van der Waals surface area contributed by atoms with Gasteiger partial charge in [0.2, 0.25) is 0 Å². The minimum absolute atomic E-state index is 0.0293. The zero-order chi connectivity index (χ0) is 23.7. The number of rotatable bonds is 5. The van der Waals surface area contributed by atoms with Crippen LogP contribution in [0.1, 0.15) is 29.4 Å². The highest BCUT2D eigenvalue weighted by Crippen LogP contribution is 2.27. The summed E-state index contributed by atoms with van der Waals surface area (Å²) in [5, 5.41) is 2.69. The molecule has 0 spiro atoms. The van der Waals surface area contributed by atoms with Crippen molar-refractivity contribution in [3.8, 4) is 11.4 Å². The molecule has 0 atom stereocenters. The van der Waals surface area contributed by atoms with Gasteiger partial charge >= 0.3 is 0 Å². The van der Waals surface area contributed by atoms with E-state index < -0.39 is 11.8 Å². The van der Waals surface area contributed by atoms with Gasteiger partial charge in [0.05, 0.1) is 12.3 Å². The number of nitrogens with one attached hydrogen (secondary N) is 1. The quantitative estimate of drug-likeness (QED) is 0.343. The lowest BCUT2D eigenvalue weighted by Crippen LogP contribution is -2.54. The first-order valence-corrected chi connectivity index (χ1v) is 11.1. The smallest absolute Gasteiger partial charge is 0.270 e. The van der Waals surface area contributed by atoms with E-state index in [1.165, 1.54) is 10.5 Å². The predicted octanol–water partition coefficient (Wildman–Crippen LogP) is 4.63. The van der Waals surface area contributed by atoms with Crippen LogP contribution < -0.4 is 15.0 Å². The Labute approximate surface area is 198 Å². The summed E-state index contributed by atoms with van der Waals surface area (Å²) in [4.78, 5) is 27.4. The molecular formula is C26H25N3O3S. The lowest BCUT2D eigenvalue weighted by Gasteiger charge is -2.29. The molecule has 1 aliphatic rings. The van der Waals surface area contributed by atoms with Crippen LogP contribution in [-0.2, 0) is 9.59 Å². The first-order valence-electron chi connectivity index (χ1n) is 10.7. The third-order valence-corrected chi connectivity index (χ3v) is 5.85. The number of aromatic nitrogens is 1. The van der Waals surface area contributed by atoms with Gasteiger partial charge in [0, 0.05) is 17.1 Å². The summed E-state index contributed by atoms with van der Waals surface area (Å²) in [7, 11) is 0. The maximum atomic E-state index is 13.3. The van der Waals surface area contributed by atoms with E-state index in [0.717, 1.165) is 22.6 Å². The SMILES string of the molecule is CCOc1ccc(N2C(=O)/C(=C/c3cc(C)n(-c4ccc(C)cc4)c3C)C(=O)NC2=S)cc1. The maximum Gasteiger partial charge on any atom is 0.270 e. The Morgan fingerprint density at radius 2 is 1.61 bits per heavy atom. The Hall–Kier alpha value is -3.71. The second-order valence-electron chi connectivity index (χ2n) is 7.88. The number of carbonyl (C=O) groups excluding carboxylic acids is 2. The van der Waals surface area contributed by atoms with E-state index in [4.69, 9.17) is 17.0 Å². The number of thiocarbonyl (C=S) groups is 1. The molecule has 0 radical (unpaired) electrons. The maximum absolute atomic E-state index is 13.3. The van der Waals surface area contributed by atoms with Gasteiger partial charge in [-0.05, 0) is 94.0 Å². The van der Waals surface area contributed by atoms with Crippen LogP contribution in [0.15, 0.2) is 60.2 Å². The molecule has 0 saturated carbocycles. The number of aryl methyl sites for hydroxylation is 2. The Bertz CT molecular complexity index is 1270. The molecule has 4 rings (SSSR count). The summed E-state index contributed by atoms with van der Waals surface area (Å²) < 4.78 is 7.57. The first-order chi connectivity index (χ1) is 15.8. The molecule has 0 bridgehead atoms. The van der Waals surface area contributed by atoms with Crippen LogP contribution in [0.3, 0.4) is 0 Å². The minimum Gasteiger partial charge on any atom is -0.494 e. The number of amides is 2. The number of hydrogen-bond donors (Lipinski definition) is 1. The number of carbonyl (C=O) groups is 2. The number of anilines is 1. The fourth-order valence-electron chi connectivity index (χ4n) is 3.93. The van der Waals surface area contributed by atoms with Crippen LogP contribution in [-0.4, -0.2) is 28.1 Å². The predicted molar refractivity (Wildman–Crippen MR) is 134 cm³/mol. The molecule has 2 amide bonds. The monoisotopic (exact) mass is 459 g/mol. The van der Waals surface area contributed by atoms with Crippen LogP contribution in [0, 0.1) is 20.8 Å². The zero-order valence-electron chi connectivity index (χ0n) is 19.0. The number of benzene rings is 2. The number of ether oxygens (including phenoxy) is 1. The van der Waals surface area contributed by atoms with Gasteiger partial charge in [0.25, 0.3) is 11.8 Å². The van der Waals surface area contributed by atoms with Crippen molar-refractivity contribution in [1.29, 1.82) is 0 Å². The molecule has 1 fully saturated rings. The van der Waals surface area contributed by atoms with Crippen LogP contribution in [0.2, 0.25) is 0 Å². The molecule has 0 aliphatic carbocycles. The first kappa shape index (κ1) is 22.5. The average Bonchev–Trinajstić information content (AvgIpc) is 3.06. The molecule has 7 heteroatoms. The Balaban J connectivity index is 1.71. The average molecular weight is 460 g/mol. The van der Waals surface area contributed by atoms with Crippen molar-refractivity contribution in [2.45, 2.75) is 27.7 Å². The molecule has 1 aromatic heterocycles. The van der Waals surface area contributed by atoms with E-state index in [-0.39, 0.29) is 10.7 Å². The third-order valence-electron chi connectivity index (χ3n) is 5.57. The van der Waals surface area contributed by atoms with E-state index in [9.17, 15) is 9.59 Å². The fourth-order valence-corrected chi connectivity index (χ4v) is 4.21. The summed E-state index contributed by atoms with van der Waals surface area (Å²) in [5.41, 5.74) is 5.53. The minimum atomic E-state index is -0.507. The fraction of sp³-hybridized carbons (Fsp3) is 0.192. The number of nitrogens with zero attached hydrogens (tertiary/aromatic N) is 2. The van der Waals surface area contributed by atoms with E-state index in [1.54, 1.807) is 30.3 Å². The van der Waals surface area contributed by atoms with Crippen LogP contribution in [0.25, 0.3) is 11.8 Å². The standard InChI is InChI=1S/C26H25N3O3S/c1-5-32-22-12-10-21(11-13-22)29-25(31)23(24(30)27-26(29)33)15-19-14-17(3)28(18(19)4)20-8-6-16(2)7-9-20/h6-15H,5H2,1-4H3,(H,27,30,33)/b23-15+. The summed E-state index contributed by atoms with van der Waals surface area (Å²) >= 11 is 5.30. The summed E-state index contributed by atoms with van der Waals surface area (Å²) in [6, 6.07) is 17.2. The summed E-state index contributed by atoms with van der Waals surface area (Å²) in [5.74, 6) is -0.277. The molecule has 0 unspecified atom stereocenters. The second-order valence-corrected chi connectivity index (χ2v) is 8.27. The van der Waals surface area contributed by atoms with Crippen molar-refractivity contribution in [3.05, 3.63) is 82.7 Å². The lowest BCUT2D eigenvalue weighted by atomic mass is 10.1. The largest absolute Gasteiger partial charge is 0.494 e. The van der Waals surface area contributed by atoms with E-state index in [1.807, 2.05) is 33.8 Å².